The van der Waals surface area contributed by atoms with Crippen LogP contribution in [0.4, 0.5) is 0 Å². The summed E-state index contributed by atoms with van der Waals surface area (Å²) >= 11 is 0. The summed E-state index contributed by atoms with van der Waals surface area (Å²) in [5.74, 6) is 1.45. The molecule has 0 radical (unpaired) electrons. The van der Waals surface area contributed by atoms with E-state index in [2.05, 4.69) is 53.3 Å². The zero-order chi connectivity index (χ0) is 23.0. The van der Waals surface area contributed by atoms with Crippen molar-refractivity contribution in [3.8, 4) is 11.5 Å². The van der Waals surface area contributed by atoms with E-state index in [1.807, 2.05) is 13.0 Å². The number of aromatic hydroxyl groups is 1. The van der Waals surface area contributed by atoms with Crippen LogP contribution in [0.2, 0.25) is 0 Å². The highest BCUT2D eigenvalue weighted by Gasteiger charge is 2.32. The van der Waals surface area contributed by atoms with Crippen LogP contribution in [0.1, 0.15) is 104 Å². The monoisotopic (exact) mass is 428 g/mol. The lowest BCUT2D eigenvalue weighted by Crippen LogP contribution is -2.21. The maximum atomic E-state index is 11.3. The summed E-state index contributed by atoms with van der Waals surface area (Å²) < 4.78 is 11.6. The predicted octanol–water partition coefficient (Wildman–Crippen LogP) is 8.03. The molecular weight excluding hydrogens is 384 g/mol. The third kappa shape index (κ3) is 6.87. The van der Waals surface area contributed by atoms with Crippen LogP contribution in [0.25, 0.3) is 0 Å². The number of rotatable bonds is 12. The molecule has 31 heavy (non-hydrogen) atoms. The first kappa shape index (κ1) is 25.5. The number of ether oxygens (including phenoxy) is 2. The van der Waals surface area contributed by atoms with Gasteiger partial charge in [0.2, 0.25) is 0 Å². The first-order chi connectivity index (χ1) is 14.7. The van der Waals surface area contributed by atoms with Crippen LogP contribution in [-0.2, 0) is 10.2 Å². The Hall–Kier alpha value is -1.74. The van der Waals surface area contributed by atoms with Gasteiger partial charge in [-0.2, -0.15) is 0 Å². The van der Waals surface area contributed by atoms with Crippen LogP contribution in [0.5, 0.6) is 11.5 Å². The summed E-state index contributed by atoms with van der Waals surface area (Å²) in [7, 11) is 0. The van der Waals surface area contributed by atoms with Gasteiger partial charge in [-0.05, 0) is 69.1 Å². The number of hydrogen-bond donors (Lipinski definition) is 1. The first-order valence-corrected chi connectivity index (χ1v) is 12.1. The second-order valence-electron chi connectivity index (χ2n) is 9.89. The SMILES string of the molecule is C=C(C)[C@@H]1CCC(C)=CC1c1c(O)cc(C(C)(C)CCCCCC)cc1OCOCC. The fourth-order valence-electron chi connectivity index (χ4n) is 4.69. The van der Waals surface area contributed by atoms with Crippen molar-refractivity contribution < 1.29 is 14.6 Å². The van der Waals surface area contributed by atoms with E-state index in [-0.39, 0.29) is 18.1 Å². The van der Waals surface area contributed by atoms with Gasteiger partial charge in [0.1, 0.15) is 11.5 Å². The number of hydrogen-bond acceptors (Lipinski definition) is 3. The minimum Gasteiger partial charge on any atom is -0.507 e. The standard InChI is InChI=1S/C28H44O3/c1-8-10-11-12-15-28(6,7)22-17-25(29)27(26(18-22)31-19-30-9-2)24-16-21(5)13-14-23(24)20(3)4/h16-18,23-24,29H,3,8-15,19H2,1-2,4-7H3/t23-,24?/m0/s1. The Bertz CT molecular complexity index is 760. The van der Waals surface area contributed by atoms with Gasteiger partial charge >= 0.3 is 0 Å². The smallest absolute Gasteiger partial charge is 0.189 e. The zero-order valence-electron chi connectivity index (χ0n) is 20.7. The van der Waals surface area contributed by atoms with Gasteiger partial charge in [0.05, 0.1) is 0 Å². The molecule has 1 aliphatic carbocycles. The largest absolute Gasteiger partial charge is 0.507 e. The van der Waals surface area contributed by atoms with Crippen LogP contribution in [0.3, 0.4) is 0 Å². The quantitative estimate of drug-likeness (QED) is 0.208. The number of phenols is 1. The molecule has 3 heteroatoms. The molecule has 0 aliphatic heterocycles. The Morgan fingerprint density at radius 2 is 1.94 bits per heavy atom. The minimum absolute atomic E-state index is 0.0282. The Morgan fingerprint density at radius 1 is 1.19 bits per heavy atom. The molecule has 1 aromatic rings. The number of allylic oxidation sites excluding steroid dienone is 3. The summed E-state index contributed by atoms with van der Waals surface area (Å²) in [6.07, 6.45) is 10.5. The first-order valence-electron chi connectivity index (χ1n) is 12.1. The molecule has 3 nitrogen and oxygen atoms in total. The van der Waals surface area contributed by atoms with E-state index < -0.39 is 0 Å². The van der Waals surface area contributed by atoms with Gasteiger partial charge in [0.25, 0.3) is 0 Å². The normalized spacial score (nSPS) is 19.2. The van der Waals surface area contributed by atoms with E-state index in [4.69, 9.17) is 9.47 Å². The van der Waals surface area contributed by atoms with Gasteiger partial charge in [-0.1, -0.05) is 70.3 Å². The minimum atomic E-state index is -0.0282. The van der Waals surface area contributed by atoms with E-state index >= 15 is 0 Å². The maximum Gasteiger partial charge on any atom is 0.189 e. The van der Waals surface area contributed by atoms with Gasteiger partial charge < -0.3 is 14.6 Å². The molecule has 2 atom stereocenters. The van der Waals surface area contributed by atoms with Crippen molar-refractivity contribution in [2.45, 2.75) is 97.8 Å². The van der Waals surface area contributed by atoms with Crippen molar-refractivity contribution in [1.82, 2.24) is 0 Å². The average molecular weight is 429 g/mol. The molecule has 2 rings (SSSR count). The molecule has 0 bridgehead atoms. The van der Waals surface area contributed by atoms with Crippen molar-refractivity contribution in [3.05, 3.63) is 47.1 Å². The molecule has 0 spiro atoms. The van der Waals surface area contributed by atoms with E-state index in [1.54, 1.807) is 0 Å². The second-order valence-corrected chi connectivity index (χ2v) is 9.89. The fraction of sp³-hybridized carbons (Fsp3) is 0.643. The molecule has 1 unspecified atom stereocenters. The van der Waals surface area contributed by atoms with Crippen molar-refractivity contribution in [2.24, 2.45) is 5.92 Å². The molecule has 0 amide bonds. The summed E-state index contributed by atoms with van der Waals surface area (Å²) in [6.45, 7) is 18.0. The average Bonchev–Trinajstić information content (AvgIpc) is 2.71. The van der Waals surface area contributed by atoms with Crippen molar-refractivity contribution in [2.75, 3.05) is 13.4 Å². The van der Waals surface area contributed by atoms with E-state index in [1.165, 1.54) is 31.3 Å². The van der Waals surface area contributed by atoms with Crippen molar-refractivity contribution >= 4 is 0 Å². The Labute approximate surface area is 190 Å². The zero-order valence-corrected chi connectivity index (χ0v) is 20.7. The molecule has 0 saturated carbocycles. The van der Waals surface area contributed by atoms with Gasteiger partial charge in [0.15, 0.2) is 6.79 Å². The Balaban J connectivity index is 2.45. The molecule has 0 saturated heterocycles. The lowest BCUT2D eigenvalue weighted by molar-refractivity contribution is 0.0213. The van der Waals surface area contributed by atoms with E-state index in [0.717, 1.165) is 41.7 Å². The van der Waals surface area contributed by atoms with E-state index in [9.17, 15) is 5.11 Å². The lowest BCUT2D eigenvalue weighted by atomic mass is 9.72. The van der Waals surface area contributed by atoms with Crippen LogP contribution >= 0.6 is 0 Å². The topological polar surface area (TPSA) is 38.7 Å². The van der Waals surface area contributed by atoms with Gasteiger partial charge in [-0.25, -0.2) is 0 Å². The molecule has 0 heterocycles. The molecule has 174 valence electrons. The second kappa shape index (κ2) is 11.8. The predicted molar refractivity (Wildman–Crippen MR) is 131 cm³/mol. The molecule has 1 N–H and O–H groups in total. The van der Waals surface area contributed by atoms with Crippen molar-refractivity contribution in [3.63, 3.8) is 0 Å². The summed E-state index contributed by atoms with van der Waals surface area (Å²) in [5, 5.41) is 11.3. The molecule has 1 aromatic carbocycles. The highest BCUT2D eigenvalue weighted by Crippen LogP contribution is 2.48. The number of benzene rings is 1. The fourth-order valence-corrected chi connectivity index (χ4v) is 4.69. The van der Waals surface area contributed by atoms with Crippen LogP contribution in [0, 0.1) is 5.92 Å². The third-order valence-corrected chi connectivity index (χ3v) is 6.77. The lowest BCUT2D eigenvalue weighted by Gasteiger charge is -2.33. The van der Waals surface area contributed by atoms with Crippen LogP contribution < -0.4 is 4.74 Å². The number of phenolic OH excluding ortho intramolecular Hbond substituents is 1. The van der Waals surface area contributed by atoms with E-state index in [0.29, 0.717) is 18.3 Å². The van der Waals surface area contributed by atoms with Gasteiger partial charge in [-0.15, -0.1) is 0 Å². The molecule has 0 aromatic heterocycles. The highest BCUT2D eigenvalue weighted by molar-refractivity contribution is 5.53. The van der Waals surface area contributed by atoms with Gasteiger partial charge in [-0.3, -0.25) is 0 Å². The van der Waals surface area contributed by atoms with Crippen molar-refractivity contribution in [1.29, 1.82) is 0 Å². The third-order valence-electron chi connectivity index (χ3n) is 6.77. The van der Waals surface area contributed by atoms with Gasteiger partial charge in [0, 0.05) is 18.1 Å². The van der Waals surface area contributed by atoms with Crippen LogP contribution in [0.15, 0.2) is 35.9 Å². The molecule has 0 fully saturated rings. The summed E-state index contributed by atoms with van der Waals surface area (Å²) in [6, 6.07) is 4.11. The maximum absolute atomic E-state index is 11.3. The summed E-state index contributed by atoms with van der Waals surface area (Å²) in [4.78, 5) is 0. The highest BCUT2D eigenvalue weighted by atomic mass is 16.7. The molecule has 1 aliphatic rings. The Morgan fingerprint density at radius 3 is 2.58 bits per heavy atom. The Kier molecular flexibility index (Phi) is 9.68. The summed E-state index contributed by atoms with van der Waals surface area (Å²) in [5.41, 5.74) is 4.49. The van der Waals surface area contributed by atoms with Crippen LogP contribution in [-0.4, -0.2) is 18.5 Å². The number of unbranched alkanes of at least 4 members (excludes halogenated alkanes) is 3. The molecular formula is C28H44O3.